The first kappa shape index (κ1) is 19.0. The minimum absolute atomic E-state index is 0.0428. The van der Waals surface area contributed by atoms with E-state index in [1.807, 2.05) is 0 Å². The molecule has 2 rings (SSSR count). The molecule has 2 aromatic rings. The number of hydrogen-bond acceptors (Lipinski definition) is 3. The Bertz CT molecular complexity index is 864. The molecule has 8 heteroatoms. The smallest absolute Gasteiger partial charge is 0.255 e. The molecular formula is C17H18F2N2O3S. The lowest BCUT2D eigenvalue weighted by atomic mass is 10.2. The molecule has 1 amide bonds. The van der Waals surface area contributed by atoms with Gasteiger partial charge in [-0.3, -0.25) is 4.79 Å². The zero-order valence-electron chi connectivity index (χ0n) is 13.8. The Hall–Kier alpha value is -2.32. The lowest BCUT2D eigenvalue weighted by molar-refractivity contribution is 0.102. The van der Waals surface area contributed by atoms with Crippen molar-refractivity contribution in [1.82, 2.24) is 4.31 Å². The van der Waals surface area contributed by atoms with Gasteiger partial charge in [0.15, 0.2) is 11.6 Å². The molecule has 2 aromatic carbocycles. The van der Waals surface area contributed by atoms with Crippen LogP contribution in [0.4, 0.5) is 14.5 Å². The predicted octanol–water partition coefficient (Wildman–Crippen LogP) is 3.25. The van der Waals surface area contributed by atoms with Crippen molar-refractivity contribution in [1.29, 1.82) is 0 Å². The molecule has 0 spiro atoms. The van der Waals surface area contributed by atoms with Crippen LogP contribution in [0.25, 0.3) is 0 Å². The molecule has 134 valence electrons. The highest BCUT2D eigenvalue weighted by atomic mass is 32.2. The van der Waals surface area contributed by atoms with E-state index in [-0.39, 0.29) is 10.5 Å². The average molecular weight is 368 g/mol. The van der Waals surface area contributed by atoms with E-state index >= 15 is 0 Å². The SMILES string of the molecule is CCN(CC)S(=O)(=O)c1ccc(NC(=O)c2ccc(F)c(F)c2)cc1. The van der Waals surface area contributed by atoms with Gasteiger partial charge in [-0.15, -0.1) is 0 Å². The van der Waals surface area contributed by atoms with Gasteiger partial charge in [-0.05, 0) is 42.5 Å². The van der Waals surface area contributed by atoms with Gasteiger partial charge in [-0.25, -0.2) is 17.2 Å². The van der Waals surface area contributed by atoms with Crippen LogP contribution in [0.5, 0.6) is 0 Å². The molecule has 0 aliphatic rings. The molecule has 0 bridgehead atoms. The summed E-state index contributed by atoms with van der Waals surface area (Å²) in [4.78, 5) is 12.1. The van der Waals surface area contributed by atoms with E-state index in [9.17, 15) is 22.0 Å². The molecule has 0 aromatic heterocycles. The molecule has 0 saturated heterocycles. The van der Waals surface area contributed by atoms with Crippen LogP contribution in [0.1, 0.15) is 24.2 Å². The third kappa shape index (κ3) is 4.21. The molecule has 0 fully saturated rings. The highest BCUT2D eigenvalue weighted by Crippen LogP contribution is 2.19. The van der Waals surface area contributed by atoms with Crippen LogP contribution in [0.3, 0.4) is 0 Å². The fourth-order valence-electron chi connectivity index (χ4n) is 2.26. The minimum Gasteiger partial charge on any atom is -0.322 e. The van der Waals surface area contributed by atoms with Crippen molar-refractivity contribution < 1.29 is 22.0 Å². The summed E-state index contributed by atoms with van der Waals surface area (Å²) >= 11 is 0. The third-order valence-electron chi connectivity index (χ3n) is 3.64. The summed E-state index contributed by atoms with van der Waals surface area (Å²) in [5.74, 6) is -2.78. The Labute approximate surface area is 145 Å². The van der Waals surface area contributed by atoms with Crippen molar-refractivity contribution in [2.24, 2.45) is 0 Å². The van der Waals surface area contributed by atoms with Gasteiger partial charge in [-0.1, -0.05) is 13.8 Å². The van der Waals surface area contributed by atoms with Gasteiger partial charge in [0.05, 0.1) is 4.90 Å². The number of rotatable bonds is 6. The molecule has 5 nitrogen and oxygen atoms in total. The maximum absolute atomic E-state index is 13.2. The van der Waals surface area contributed by atoms with Crippen molar-refractivity contribution in [3.63, 3.8) is 0 Å². The van der Waals surface area contributed by atoms with Gasteiger partial charge >= 0.3 is 0 Å². The zero-order chi connectivity index (χ0) is 18.6. The van der Waals surface area contributed by atoms with Gasteiger partial charge in [0, 0.05) is 24.3 Å². The molecular weight excluding hydrogens is 350 g/mol. The minimum atomic E-state index is -3.58. The fourth-order valence-corrected chi connectivity index (χ4v) is 3.72. The Morgan fingerprint density at radius 3 is 2.12 bits per heavy atom. The molecule has 25 heavy (non-hydrogen) atoms. The van der Waals surface area contributed by atoms with Crippen LogP contribution in [0.2, 0.25) is 0 Å². The number of benzene rings is 2. The fraction of sp³-hybridized carbons (Fsp3) is 0.235. The number of sulfonamides is 1. The van der Waals surface area contributed by atoms with E-state index in [0.29, 0.717) is 18.8 Å². The molecule has 0 unspecified atom stereocenters. The second kappa shape index (κ2) is 7.71. The standard InChI is InChI=1S/C17H18F2N2O3S/c1-3-21(4-2)25(23,24)14-8-6-13(7-9-14)20-17(22)12-5-10-15(18)16(19)11-12/h5-11H,3-4H2,1-2H3,(H,20,22). The van der Waals surface area contributed by atoms with Crippen molar-refractivity contribution in [3.8, 4) is 0 Å². The number of nitrogens with zero attached hydrogens (tertiary/aromatic N) is 1. The second-order valence-electron chi connectivity index (χ2n) is 5.20. The summed E-state index contributed by atoms with van der Waals surface area (Å²) in [5.41, 5.74) is 0.298. The van der Waals surface area contributed by atoms with E-state index in [1.165, 1.54) is 28.6 Å². The van der Waals surface area contributed by atoms with Crippen molar-refractivity contribution in [2.75, 3.05) is 18.4 Å². The number of halogens is 2. The highest BCUT2D eigenvalue weighted by Gasteiger charge is 2.21. The topological polar surface area (TPSA) is 66.5 Å². The first-order valence-electron chi connectivity index (χ1n) is 7.66. The first-order valence-corrected chi connectivity index (χ1v) is 9.10. The number of carbonyl (C=O) groups excluding carboxylic acids is 1. The maximum atomic E-state index is 13.2. The lowest BCUT2D eigenvalue weighted by Crippen LogP contribution is -2.30. The van der Waals surface area contributed by atoms with Crippen LogP contribution >= 0.6 is 0 Å². The largest absolute Gasteiger partial charge is 0.322 e. The number of carbonyl (C=O) groups is 1. The van der Waals surface area contributed by atoms with Crippen molar-refractivity contribution >= 4 is 21.6 Å². The van der Waals surface area contributed by atoms with E-state index in [1.54, 1.807) is 13.8 Å². The molecule has 0 radical (unpaired) electrons. The summed E-state index contributed by atoms with van der Waals surface area (Å²) in [6.07, 6.45) is 0. The number of nitrogens with one attached hydrogen (secondary N) is 1. The van der Waals surface area contributed by atoms with E-state index in [4.69, 9.17) is 0 Å². The average Bonchev–Trinajstić information content (AvgIpc) is 2.58. The van der Waals surface area contributed by atoms with Gasteiger partial charge in [-0.2, -0.15) is 4.31 Å². The number of hydrogen-bond donors (Lipinski definition) is 1. The summed E-state index contributed by atoms with van der Waals surface area (Å²) in [5, 5.41) is 2.50. The van der Waals surface area contributed by atoms with Gasteiger partial charge < -0.3 is 5.32 Å². The molecule has 0 saturated carbocycles. The third-order valence-corrected chi connectivity index (χ3v) is 5.70. The van der Waals surface area contributed by atoms with Crippen molar-refractivity contribution in [2.45, 2.75) is 18.7 Å². The number of anilines is 1. The quantitative estimate of drug-likeness (QED) is 0.851. The highest BCUT2D eigenvalue weighted by molar-refractivity contribution is 7.89. The predicted molar refractivity (Wildman–Crippen MR) is 90.9 cm³/mol. The van der Waals surface area contributed by atoms with Gasteiger partial charge in [0.25, 0.3) is 5.91 Å². The molecule has 0 aliphatic heterocycles. The Morgan fingerprint density at radius 2 is 1.60 bits per heavy atom. The summed E-state index contributed by atoms with van der Waals surface area (Å²) in [6.45, 7) is 4.20. The molecule has 0 atom stereocenters. The normalized spacial score (nSPS) is 11.6. The lowest BCUT2D eigenvalue weighted by Gasteiger charge is -2.18. The maximum Gasteiger partial charge on any atom is 0.255 e. The Morgan fingerprint density at radius 1 is 1.00 bits per heavy atom. The Balaban J connectivity index is 2.17. The summed E-state index contributed by atoms with van der Waals surface area (Å²) < 4.78 is 52.2. The number of amides is 1. The molecule has 0 heterocycles. The molecule has 1 N–H and O–H groups in total. The van der Waals surface area contributed by atoms with E-state index in [0.717, 1.165) is 18.2 Å². The Kier molecular flexibility index (Phi) is 5.86. The monoisotopic (exact) mass is 368 g/mol. The van der Waals surface area contributed by atoms with Gasteiger partial charge in [0.1, 0.15) is 0 Å². The second-order valence-corrected chi connectivity index (χ2v) is 7.13. The van der Waals surface area contributed by atoms with Crippen LogP contribution in [-0.2, 0) is 10.0 Å². The van der Waals surface area contributed by atoms with Crippen LogP contribution in [0, 0.1) is 11.6 Å². The zero-order valence-corrected chi connectivity index (χ0v) is 14.6. The van der Waals surface area contributed by atoms with Crippen molar-refractivity contribution in [3.05, 3.63) is 59.7 Å². The summed E-state index contributed by atoms with van der Waals surface area (Å²) in [6, 6.07) is 8.46. The van der Waals surface area contributed by atoms with E-state index in [2.05, 4.69) is 5.32 Å². The first-order chi connectivity index (χ1) is 11.8. The van der Waals surface area contributed by atoms with Gasteiger partial charge in [0.2, 0.25) is 10.0 Å². The van der Waals surface area contributed by atoms with Crippen LogP contribution in [0.15, 0.2) is 47.4 Å². The van der Waals surface area contributed by atoms with Crippen LogP contribution < -0.4 is 5.32 Å². The van der Waals surface area contributed by atoms with Crippen LogP contribution in [-0.4, -0.2) is 31.7 Å². The summed E-state index contributed by atoms with van der Waals surface area (Å²) in [7, 11) is -3.58. The molecule has 0 aliphatic carbocycles. The van der Waals surface area contributed by atoms with E-state index < -0.39 is 27.6 Å².